The minimum absolute atomic E-state index is 0.0123. The quantitative estimate of drug-likeness (QED) is 0.906. The summed E-state index contributed by atoms with van der Waals surface area (Å²) in [6.07, 6.45) is 0. The molecule has 128 valence electrons. The number of ether oxygens (including phenoxy) is 1. The van der Waals surface area contributed by atoms with Gasteiger partial charge in [0.2, 0.25) is 0 Å². The number of nitrogens with one attached hydrogen (secondary N) is 1. The lowest BCUT2D eigenvalue weighted by Crippen LogP contribution is -2.43. The summed E-state index contributed by atoms with van der Waals surface area (Å²) in [7, 11) is 0. The van der Waals surface area contributed by atoms with E-state index in [9.17, 15) is 4.79 Å². The van der Waals surface area contributed by atoms with E-state index in [4.69, 9.17) is 4.74 Å². The molecule has 1 aliphatic heterocycles. The number of hydrogen-bond donors (Lipinski definition) is 1. The van der Waals surface area contributed by atoms with E-state index in [-0.39, 0.29) is 11.9 Å². The second-order valence-electron chi connectivity index (χ2n) is 6.20. The molecule has 1 unspecified atom stereocenters. The second-order valence-corrected chi connectivity index (χ2v) is 7.46. The number of nitrogens with zero attached hydrogens (tertiary/aromatic N) is 1. The van der Waals surface area contributed by atoms with Crippen molar-refractivity contribution in [2.24, 2.45) is 0 Å². The molecular weight excluding hydrogens is 320 g/mol. The van der Waals surface area contributed by atoms with Crippen LogP contribution < -0.4 is 5.32 Å². The molecule has 1 amide bonds. The molecule has 1 aromatic carbocycles. The van der Waals surface area contributed by atoms with Gasteiger partial charge in [0.1, 0.15) is 0 Å². The van der Waals surface area contributed by atoms with Crippen LogP contribution in [0, 0.1) is 13.8 Å². The van der Waals surface area contributed by atoms with E-state index in [0.717, 1.165) is 43.3 Å². The van der Waals surface area contributed by atoms with E-state index in [0.29, 0.717) is 0 Å². The van der Waals surface area contributed by atoms with E-state index < -0.39 is 0 Å². The molecule has 3 rings (SSSR count). The maximum Gasteiger partial charge on any atom is 0.261 e. The number of aryl methyl sites for hydroxylation is 2. The van der Waals surface area contributed by atoms with Crippen molar-refractivity contribution >= 4 is 17.2 Å². The Kier molecular flexibility index (Phi) is 5.66. The fourth-order valence-corrected chi connectivity index (χ4v) is 3.81. The van der Waals surface area contributed by atoms with Gasteiger partial charge >= 0.3 is 0 Å². The van der Waals surface area contributed by atoms with E-state index in [2.05, 4.69) is 29.3 Å². The summed E-state index contributed by atoms with van der Waals surface area (Å²) in [6.45, 7) is 8.26. The third-order valence-corrected chi connectivity index (χ3v) is 5.59. The molecule has 1 N–H and O–H groups in total. The van der Waals surface area contributed by atoms with Crippen LogP contribution >= 0.6 is 11.3 Å². The van der Waals surface area contributed by atoms with Crippen LogP contribution in [0.1, 0.15) is 31.7 Å². The zero-order valence-electron chi connectivity index (χ0n) is 14.2. The maximum atomic E-state index is 12.7. The molecule has 5 heteroatoms. The molecule has 2 aromatic rings. The molecule has 0 spiro atoms. The third-order valence-electron chi connectivity index (χ3n) is 4.44. The Hall–Kier alpha value is -1.69. The first-order chi connectivity index (χ1) is 11.6. The summed E-state index contributed by atoms with van der Waals surface area (Å²) < 4.78 is 5.43. The van der Waals surface area contributed by atoms with Crippen molar-refractivity contribution in [3.05, 3.63) is 57.3 Å². The Morgan fingerprint density at radius 2 is 1.96 bits per heavy atom. The number of thiophene rings is 1. The van der Waals surface area contributed by atoms with Crippen LogP contribution in [0.15, 0.2) is 36.4 Å². The van der Waals surface area contributed by atoms with Gasteiger partial charge in [-0.25, -0.2) is 0 Å². The summed E-state index contributed by atoms with van der Waals surface area (Å²) in [5.74, 6) is 0.0123. The lowest BCUT2D eigenvalue weighted by molar-refractivity contribution is 0.0332. The lowest BCUT2D eigenvalue weighted by atomic mass is 10.1. The van der Waals surface area contributed by atoms with Crippen molar-refractivity contribution in [1.29, 1.82) is 0 Å². The molecule has 0 radical (unpaired) electrons. The van der Waals surface area contributed by atoms with Gasteiger partial charge in [-0.1, -0.05) is 30.3 Å². The van der Waals surface area contributed by atoms with Crippen molar-refractivity contribution in [3.8, 4) is 0 Å². The Morgan fingerprint density at radius 3 is 2.58 bits per heavy atom. The smallest absolute Gasteiger partial charge is 0.261 e. The largest absolute Gasteiger partial charge is 0.379 e. The minimum Gasteiger partial charge on any atom is -0.379 e. The van der Waals surface area contributed by atoms with Gasteiger partial charge in [0.05, 0.1) is 24.1 Å². The number of rotatable bonds is 5. The molecular formula is C19H24N2O2S. The van der Waals surface area contributed by atoms with Gasteiger partial charge in [-0.3, -0.25) is 9.69 Å². The predicted molar refractivity (Wildman–Crippen MR) is 97.7 cm³/mol. The first-order valence-electron chi connectivity index (χ1n) is 8.36. The second kappa shape index (κ2) is 7.92. The van der Waals surface area contributed by atoms with Crippen LogP contribution in [0.4, 0.5) is 0 Å². The Bertz CT molecular complexity index is 658. The lowest BCUT2D eigenvalue weighted by Gasteiger charge is -2.31. The highest BCUT2D eigenvalue weighted by atomic mass is 32.1. The van der Waals surface area contributed by atoms with Gasteiger partial charge in [-0.15, -0.1) is 11.3 Å². The summed E-state index contributed by atoms with van der Waals surface area (Å²) in [4.78, 5) is 17.0. The third kappa shape index (κ3) is 4.23. The summed E-state index contributed by atoms with van der Waals surface area (Å²) in [5.41, 5.74) is 2.32. The van der Waals surface area contributed by atoms with Crippen LogP contribution in [0.2, 0.25) is 0 Å². The number of hydrogen-bond acceptors (Lipinski definition) is 4. The molecule has 1 aliphatic rings. The minimum atomic E-state index is -0.0143. The summed E-state index contributed by atoms with van der Waals surface area (Å²) in [5, 5.41) is 3.23. The Morgan fingerprint density at radius 1 is 1.25 bits per heavy atom. The van der Waals surface area contributed by atoms with Crippen molar-refractivity contribution in [2.75, 3.05) is 32.8 Å². The zero-order valence-corrected chi connectivity index (χ0v) is 15.1. The summed E-state index contributed by atoms with van der Waals surface area (Å²) >= 11 is 1.56. The molecule has 0 aliphatic carbocycles. The molecule has 24 heavy (non-hydrogen) atoms. The molecule has 1 saturated heterocycles. The topological polar surface area (TPSA) is 41.6 Å². The number of amides is 1. The van der Waals surface area contributed by atoms with Crippen molar-refractivity contribution in [2.45, 2.75) is 19.9 Å². The molecule has 1 fully saturated rings. The number of benzene rings is 1. The fraction of sp³-hybridized carbons (Fsp3) is 0.421. The number of carbonyl (C=O) groups is 1. The van der Waals surface area contributed by atoms with Crippen LogP contribution in [0.5, 0.6) is 0 Å². The van der Waals surface area contributed by atoms with E-state index in [1.54, 1.807) is 11.3 Å². The van der Waals surface area contributed by atoms with Gasteiger partial charge in [-0.2, -0.15) is 0 Å². The van der Waals surface area contributed by atoms with Crippen molar-refractivity contribution in [3.63, 3.8) is 0 Å². The van der Waals surface area contributed by atoms with Crippen LogP contribution in [-0.4, -0.2) is 43.7 Å². The molecule has 1 atom stereocenters. The standard InChI is InChI=1S/C19H24N2O2S/c1-14-12-18(24-15(14)2)19(22)20-17(16-6-4-3-5-7-16)13-21-8-10-23-11-9-21/h3-7,12,17H,8-11,13H2,1-2H3,(H,20,22). The number of carbonyl (C=O) groups excluding carboxylic acids is 1. The van der Waals surface area contributed by atoms with Gasteiger partial charge in [0.15, 0.2) is 0 Å². The molecule has 1 aromatic heterocycles. The molecule has 2 heterocycles. The molecule has 0 bridgehead atoms. The molecule has 4 nitrogen and oxygen atoms in total. The van der Waals surface area contributed by atoms with E-state index >= 15 is 0 Å². The average Bonchev–Trinajstić information content (AvgIpc) is 2.95. The van der Waals surface area contributed by atoms with E-state index in [1.807, 2.05) is 31.2 Å². The van der Waals surface area contributed by atoms with Crippen molar-refractivity contribution < 1.29 is 9.53 Å². The normalized spacial score (nSPS) is 16.8. The highest BCUT2D eigenvalue weighted by molar-refractivity contribution is 7.14. The summed E-state index contributed by atoms with van der Waals surface area (Å²) in [6, 6.07) is 12.2. The highest BCUT2D eigenvalue weighted by Crippen LogP contribution is 2.22. The zero-order chi connectivity index (χ0) is 16.9. The fourth-order valence-electron chi connectivity index (χ4n) is 2.88. The van der Waals surface area contributed by atoms with Gasteiger partial charge in [-0.05, 0) is 31.0 Å². The van der Waals surface area contributed by atoms with Gasteiger partial charge in [0, 0.05) is 24.5 Å². The first kappa shape index (κ1) is 17.1. The van der Waals surface area contributed by atoms with Gasteiger partial charge in [0.25, 0.3) is 5.91 Å². The SMILES string of the molecule is Cc1cc(C(=O)NC(CN2CCOCC2)c2ccccc2)sc1C. The van der Waals surface area contributed by atoms with Crippen LogP contribution in [-0.2, 0) is 4.74 Å². The highest BCUT2D eigenvalue weighted by Gasteiger charge is 2.21. The van der Waals surface area contributed by atoms with Crippen LogP contribution in [0.3, 0.4) is 0 Å². The van der Waals surface area contributed by atoms with Gasteiger partial charge < -0.3 is 10.1 Å². The van der Waals surface area contributed by atoms with E-state index in [1.165, 1.54) is 10.4 Å². The van der Waals surface area contributed by atoms with Crippen LogP contribution in [0.25, 0.3) is 0 Å². The average molecular weight is 344 g/mol. The Balaban J connectivity index is 1.75. The number of morpholine rings is 1. The van der Waals surface area contributed by atoms with Crippen molar-refractivity contribution in [1.82, 2.24) is 10.2 Å². The monoisotopic (exact) mass is 344 g/mol. The predicted octanol–water partition coefficient (Wildman–Crippen LogP) is 3.17. The maximum absolute atomic E-state index is 12.7. The Labute approximate surface area is 147 Å². The first-order valence-corrected chi connectivity index (χ1v) is 9.18. The molecule has 0 saturated carbocycles.